The molecule has 0 heterocycles. The molecule has 0 saturated carbocycles. The van der Waals surface area contributed by atoms with Crippen LogP contribution in [0.2, 0.25) is 0 Å². The van der Waals surface area contributed by atoms with Gasteiger partial charge < -0.3 is 6.15 Å². The van der Waals surface area contributed by atoms with Crippen molar-refractivity contribution in [1.82, 2.24) is 6.15 Å². The van der Waals surface area contributed by atoms with Crippen LogP contribution in [-0.4, -0.2) is 11.5 Å². The molecule has 0 aliphatic carbocycles. The quantitative estimate of drug-likeness (QED) is 0.486. The second kappa shape index (κ2) is 8.98. The van der Waals surface area contributed by atoms with Crippen molar-refractivity contribution in [3.8, 4) is 0 Å². The second-order valence-electron chi connectivity index (χ2n) is 1.78. The molecular weight excluding hydrogens is 153 g/mol. The first-order valence-electron chi connectivity index (χ1n) is 3.06. The van der Waals surface area contributed by atoms with E-state index in [1.165, 1.54) is 0 Å². The maximum Gasteiger partial charge on any atom is 0.694 e. The molecule has 0 aromatic heterocycles. The van der Waals surface area contributed by atoms with Crippen LogP contribution in [0.4, 0.5) is 0 Å². The van der Waals surface area contributed by atoms with Gasteiger partial charge >= 0.3 is 8.25 Å². The van der Waals surface area contributed by atoms with E-state index in [0.29, 0.717) is 6.61 Å². The molecule has 4 N–H and O–H groups in total. The Morgan fingerprint density at radius 2 is 2.10 bits per heavy atom. The summed E-state index contributed by atoms with van der Waals surface area (Å²) in [5.74, 6) is 0. The fourth-order valence-corrected chi connectivity index (χ4v) is 0.780. The Labute approximate surface area is 62.1 Å². The van der Waals surface area contributed by atoms with Crippen molar-refractivity contribution in [3.05, 3.63) is 0 Å². The SMILES string of the molecule is CCCCCO[P+](=O)O.N. The Hall–Kier alpha value is -0.0200. The van der Waals surface area contributed by atoms with Crippen LogP contribution >= 0.6 is 8.25 Å². The molecule has 0 aromatic carbocycles. The van der Waals surface area contributed by atoms with Gasteiger partial charge in [-0.25, -0.2) is 0 Å². The van der Waals surface area contributed by atoms with Crippen LogP contribution in [0.3, 0.4) is 0 Å². The summed E-state index contributed by atoms with van der Waals surface area (Å²) in [6, 6.07) is 0. The highest BCUT2D eigenvalue weighted by molar-refractivity contribution is 7.32. The molecule has 0 spiro atoms. The largest absolute Gasteiger partial charge is 0.694 e. The van der Waals surface area contributed by atoms with Gasteiger partial charge in [0.1, 0.15) is 6.61 Å². The Morgan fingerprint density at radius 1 is 1.50 bits per heavy atom. The van der Waals surface area contributed by atoms with Crippen LogP contribution in [0.25, 0.3) is 0 Å². The minimum atomic E-state index is -2.37. The average Bonchev–Trinajstić information content (AvgIpc) is 1.80. The highest BCUT2D eigenvalue weighted by Gasteiger charge is 2.09. The Bertz CT molecular complexity index is 89.0. The molecule has 0 aliphatic rings. The number of hydrogen-bond acceptors (Lipinski definition) is 3. The zero-order valence-corrected chi connectivity index (χ0v) is 7.14. The summed E-state index contributed by atoms with van der Waals surface area (Å²) in [6.07, 6.45) is 3.03. The highest BCUT2D eigenvalue weighted by Crippen LogP contribution is 2.14. The van der Waals surface area contributed by atoms with E-state index in [-0.39, 0.29) is 6.15 Å². The molecule has 4 nitrogen and oxygen atoms in total. The molecule has 0 saturated heterocycles. The smallest absolute Gasteiger partial charge is 0.344 e. The summed E-state index contributed by atoms with van der Waals surface area (Å²) < 4.78 is 14.3. The predicted octanol–water partition coefficient (Wildman–Crippen LogP) is 2.00. The number of rotatable bonds is 5. The molecule has 62 valence electrons. The molecule has 0 aromatic rings. The van der Waals surface area contributed by atoms with Crippen molar-refractivity contribution in [2.75, 3.05) is 6.61 Å². The molecule has 0 aliphatic heterocycles. The summed E-state index contributed by atoms with van der Waals surface area (Å²) in [6.45, 7) is 2.47. The van der Waals surface area contributed by atoms with Gasteiger partial charge in [-0.1, -0.05) is 19.8 Å². The maximum atomic E-state index is 9.89. The van der Waals surface area contributed by atoms with Crippen LogP contribution in [0, 0.1) is 0 Å². The zero-order chi connectivity index (χ0) is 7.11. The van der Waals surface area contributed by atoms with Crippen LogP contribution in [0.1, 0.15) is 26.2 Å². The van der Waals surface area contributed by atoms with Gasteiger partial charge in [-0.3, -0.25) is 0 Å². The van der Waals surface area contributed by atoms with Crippen LogP contribution in [-0.2, 0) is 9.09 Å². The fraction of sp³-hybridized carbons (Fsp3) is 1.00. The summed E-state index contributed by atoms with van der Waals surface area (Å²) in [5.41, 5.74) is 0. The lowest BCUT2D eigenvalue weighted by atomic mass is 10.3. The maximum absolute atomic E-state index is 9.89. The van der Waals surface area contributed by atoms with Gasteiger partial charge in [-0.15, -0.1) is 9.42 Å². The normalized spacial score (nSPS) is 10.4. The van der Waals surface area contributed by atoms with Gasteiger partial charge in [0.25, 0.3) is 0 Å². The van der Waals surface area contributed by atoms with Gasteiger partial charge in [0, 0.05) is 4.57 Å². The Kier molecular flexibility index (Phi) is 11.3. The molecule has 5 heteroatoms. The standard InChI is InChI=1S/C5H11O3P.H3N/c1-2-3-4-5-8-9(6)7;/h2-5H2,1H3;1H3/p+1. The van der Waals surface area contributed by atoms with E-state index in [0.717, 1.165) is 19.3 Å². The van der Waals surface area contributed by atoms with Gasteiger partial charge in [-0.2, -0.15) is 0 Å². The van der Waals surface area contributed by atoms with Crippen molar-refractivity contribution in [3.63, 3.8) is 0 Å². The van der Waals surface area contributed by atoms with E-state index in [9.17, 15) is 4.57 Å². The third kappa shape index (κ3) is 10.9. The lowest BCUT2D eigenvalue weighted by Gasteiger charge is -1.87. The summed E-state index contributed by atoms with van der Waals surface area (Å²) in [5, 5.41) is 0. The van der Waals surface area contributed by atoms with Crippen LogP contribution < -0.4 is 6.15 Å². The molecule has 1 atom stereocenters. The predicted molar refractivity (Wildman–Crippen MR) is 40.3 cm³/mol. The first kappa shape index (κ1) is 12.6. The zero-order valence-electron chi connectivity index (χ0n) is 6.25. The van der Waals surface area contributed by atoms with E-state index in [4.69, 9.17) is 4.89 Å². The summed E-state index contributed by atoms with van der Waals surface area (Å²) >= 11 is 0. The molecule has 0 amide bonds. The minimum Gasteiger partial charge on any atom is -0.344 e. The monoisotopic (exact) mass is 168 g/mol. The Morgan fingerprint density at radius 3 is 2.50 bits per heavy atom. The lowest BCUT2D eigenvalue weighted by molar-refractivity contribution is 0.274. The second-order valence-corrected chi connectivity index (χ2v) is 2.51. The lowest BCUT2D eigenvalue weighted by Crippen LogP contribution is -1.84. The summed E-state index contributed by atoms with van der Waals surface area (Å²) in [4.78, 5) is 8.14. The number of hydrogen-bond donors (Lipinski definition) is 2. The van der Waals surface area contributed by atoms with E-state index in [2.05, 4.69) is 11.4 Å². The van der Waals surface area contributed by atoms with Crippen molar-refractivity contribution in [2.45, 2.75) is 26.2 Å². The average molecular weight is 168 g/mol. The van der Waals surface area contributed by atoms with Gasteiger partial charge in [-0.05, 0) is 6.42 Å². The molecule has 0 bridgehead atoms. The van der Waals surface area contributed by atoms with E-state index in [1.54, 1.807) is 0 Å². The molecular formula is C5H15NO3P+. The number of unbranched alkanes of at least 4 members (excludes halogenated alkanes) is 2. The Balaban J connectivity index is 0. The molecule has 0 radical (unpaired) electrons. The molecule has 0 fully saturated rings. The highest BCUT2D eigenvalue weighted by atomic mass is 31.1. The first-order valence-corrected chi connectivity index (χ1v) is 4.19. The molecule has 1 unspecified atom stereocenters. The third-order valence-electron chi connectivity index (χ3n) is 0.950. The van der Waals surface area contributed by atoms with Crippen molar-refractivity contribution in [2.24, 2.45) is 0 Å². The summed E-state index contributed by atoms with van der Waals surface area (Å²) in [7, 11) is -2.37. The molecule has 0 rings (SSSR count). The van der Waals surface area contributed by atoms with Gasteiger partial charge in [0.15, 0.2) is 0 Å². The van der Waals surface area contributed by atoms with E-state index < -0.39 is 8.25 Å². The fourth-order valence-electron chi connectivity index (χ4n) is 0.495. The van der Waals surface area contributed by atoms with E-state index in [1.807, 2.05) is 0 Å². The first-order chi connectivity index (χ1) is 4.27. The van der Waals surface area contributed by atoms with Crippen molar-refractivity contribution < 1.29 is 14.0 Å². The topological polar surface area (TPSA) is 81.5 Å². The van der Waals surface area contributed by atoms with E-state index >= 15 is 0 Å². The van der Waals surface area contributed by atoms with Gasteiger partial charge in [0.05, 0.1) is 0 Å². The minimum absolute atomic E-state index is 0. The third-order valence-corrected chi connectivity index (χ3v) is 1.35. The van der Waals surface area contributed by atoms with Crippen LogP contribution in [0.15, 0.2) is 0 Å². The van der Waals surface area contributed by atoms with Crippen molar-refractivity contribution >= 4 is 8.25 Å². The van der Waals surface area contributed by atoms with Crippen molar-refractivity contribution in [1.29, 1.82) is 0 Å². The van der Waals surface area contributed by atoms with Gasteiger partial charge in [0.2, 0.25) is 0 Å². The molecule has 10 heavy (non-hydrogen) atoms. The van der Waals surface area contributed by atoms with Crippen LogP contribution in [0.5, 0.6) is 0 Å².